The van der Waals surface area contributed by atoms with E-state index >= 15 is 0 Å². The van der Waals surface area contributed by atoms with Gasteiger partial charge in [0.1, 0.15) is 0 Å². The number of benzene rings is 1. The summed E-state index contributed by atoms with van der Waals surface area (Å²) in [4.78, 5) is 4.51. The van der Waals surface area contributed by atoms with E-state index in [1.54, 1.807) is 0 Å². The Bertz CT molecular complexity index is 608. The highest BCUT2D eigenvalue weighted by Gasteiger charge is 2.36. The molecule has 2 aromatic rings. The predicted octanol–water partition coefficient (Wildman–Crippen LogP) is 3.96. The van der Waals surface area contributed by atoms with Crippen LogP contribution in [0.5, 0.6) is 0 Å². The number of hydrogen-bond donors (Lipinski definition) is 1. The van der Waals surface area contributed by atoms with Crippen molar-refractivity contribution in [2.24, 2.45) is 5.73 Å². The molecule has 0 spiro atoms. The molecule has 1 aromatic heterocycles. The van der Waals surface area contributed by atoms with Crippen molar-refractivity contribution in [3.63, 3.8) is 0 Å². The summed E-state index contributed by atoms with van der Waals surface area (Å²) in [5.74, 6) is 1.19. The Labute approximate surface area is 132 Å². The summed E-state index contributed by atoms with van der Waals surface area (Å²) in [5.41, 5.74) is 8.01. The highest BCUT2D eigenvalue weighted by molar-refractivity contribution is 9.10. The van der Waals surface area contributed by atoms with E-state index in [1.165, 1.54) is 0 Å². The van der Waals surface area contributed by atoms with Crippen LogP contribution in [0.25, 0.3) is 11.5 Å². The van der Waals surface area contributed by atoms with Gasteiger partial charge in [-0.15, -0.1) is 12.4 Å². The van der Waals surface area contributed by atoms with Gasteiger partial charge in [0, 0.05) is 10.0 Å². The number of nitrogens with zero attached hydrogens (tertiary/aromatic N) is 2. The summed E-state index contributed by atoms with van der Waals surface area (Å²) in [6, 6.07) is 6.01. The van der Waals surface area contributed by atoms with Gasteiger partial charge in [-0.05, 0) is 37.5 Å². The van der Waals surface area contributed by atoms with Gasteiger partial charge in [0.15, 0.2) is 5.82 Å². The van der Waals surface area contributed by atoms with Crippen LogP contribution in [-0.2, 0) is 5.54 Å². The monoisotopic (exact) mass is 357 g/mol. The number of hydrogen-bond acceptors (Lipinski definition) is 4. The first-order valence-electron chi connectivity index (χ1n) is 6.48. The smallest absolute Gasteiger partial charge is 0.258 e. The lowest BCUT2D eigenvalue weighted by atomic mass is 9.98. The molecule has 1 fully saturated rings. The summed E-state index contributed by atoms with van der Waals surface area (Å²) < 4.78 is 6.40. The molecule has 1 aliphatic rings. The third-order valence-corrected chi connectivity index (χ3v) is 4.29. The lowest BCUT2D eigenvalue weighted by Gasteiger charge is -2.17. The van der Waals surface area contributed by atoms with Crippen LogP contribution >= 0.6 is 28.3 Å². The molecule has 1 aliphatic carbocycles. The highest BCUT2D eigenvalue weighted by Crippen LogP contribution is 2.36. The van der Waals surface area contributed by atoms with E-state index in [-0.39, 0.29) is 12.4 Å². The Morgan fingerprint density at radius 1 is 1.30 bits per heavy atom. The maximum absolute atomic E-state index is 6.35. The molecule has 2 N–H and O–H groups in total. The second-order valence-electron chi connectivity index (χ2n) is 5.25. The van der Waals surface area contributed by atoms with Crippen LogP contribution < -0.4 is 5.73 Å². The topological polar surface area (TPSA) is 64.9 Å². The zero-order chi connectivity index (χ0) is 13.5. The molecule has 1 saturated carbocycles. The number of nitrogens with two attached hydrogens (primary N) is 1. The molecule has 0 unspecified atom stereocenters. The van der Waals surface area contributed by atoms with Gasteiger partial charge in [0.2, 0.25) is 0 Å². The van der Waals surface area contributed by atoms with Gasteiger partial charge in [-0.3, -0.25) is 0 Å². The molecule has 1 aromatic carbocycles. The third-order valence-electron chi connectivity index (χ3n) is 3.80. The van der Waals surface area contributed by atoms with Crippen molar-refractivity contribution in [3.05, 3.63) is 34.1 Å². The van der Waals surface area contributed by atoms with Crippen molar-refractivity contribution in [2.75, 3.05) is 0 Å². The zero-order valence-electron chi connectivity index (χ0n) is 11.2. The van der Waals surface area contributed by atoms with Crippen LogP contribution in [0.3, 0.4) is 0 Å². The average molecular weight is 359 g/mol. The Balaban J connectivity index is 0.00000147. The molecule has 0 bridgehead atoms. The Morgan fingerprint density at radius 3 is 2.70 bits per heavy atom. The van der Waals surface area contributed by atoms with Crippen molar-refractivity contribution in [2.45, 2.75) is 38.1 Å². The van der Waals surface area contributed by atoms with Gasteiger partial charge in [0.25, 0.3) is 5.89 Å². The SMILES string of the molecule is Cc1ccc(Br)cc1-c1nc(C2(N)CCCC2)no1.Cl. The number of aryl methyl sites for hydroxylation is 1. The van der Waals surface area contributed by atoms with Crippen molar-refractivity contribution in [1.29, 1.82) is 0 Å². The fraction of sp³-hybridized carbons (Fsp3) is 0.429. The maximum atomic E-state index is 6.35. The molecule has 0 atom stereocenters. The molecular formula is C14H17BrClN3O. The molecule has 0 aliphatic heterocycles. The minimum atomic E-state index is -0.401. The Kier molecular flexibility index (Phi) is 4.52. The molecule has 1 heterocycles. The minimum Gasteiger partial charge on any atom is -0.334 e. The van der Waals surface area contributed by atoms with E-state index in [1.807, 2.05) is 25.1 Å². The van der Waals surface area contributed by atoms with Crippen LogP contribution in [0.2, 0.25) is 0 Å². The van der Waals surface area contributed by atoms with Crippen molar-refractivity contribution in [1.82, 2.24) is 10.1 Å². The van der Waals surface area contributed by atoms with Gasteiger partial charge in [0.05, 0.1) is 5.54 Å². The molecule has 6 heteroatoms. The van der Waals surface area contributed by atoms with Crippen LogP contribution in [-0.4, -0.2) is 10.1 Å². The standard InChI is InChI=1S/C14H16BrN3O.ClH/c1-9-4-5-10(15)8-11(9)12-17-13(18-19-12)14(16)6-2-3-7-14;/h4-5,8H,2-3,6-7,16H2,1H3;1H. The van der Waals surface area contributed by atoms with Crippen LogP contribution in [0.1, 0.15) is 37.1 Å². The zero-order valence-corrected chi connectivity index (χ0v) is 13.6. The van der Waals surface area contributed by atoms with Crippen LogP contribution in [0, 0.1) is 6.92 Å². The van der Waals surface area contributed by atoms with Crippen molar-refractivity contribution >= 4 is 28.3 Å². The largest absolute Gasteiger partial charge is 0.334 e. The average Bonchev–Trinajstić information content (AvgIpc) is 3.02. The normalized spacial score (nSPS) is 16.9. The highest BCUT2D eigenvalue weighted by atomic mass is 79.9. The van der Waals surface area contributed by atoms with E-state index in [0.717, 1.165) is 41.3 Å². The van der Waals surface area contributed by atoms with Gasteiger partial charge < -0.3 is 10.3 Å². The molecule has 0 radical (unpaired) electrons. The molecule has 20 heavy (non-hydrogen) atoms. The minimum absolute atomic E-state index is 0. The van der Waals surface area contributed by atoms with Crippen molar-refractivity contribution in [3.8, 4) is 11.5 Å². The lowest BCUT2D eigenvalue weighted by Crippen LogP contribution is -2.34. The fourth-order valence-electron chi connectivity index (χ4n) is 2.59. The number of aromatic nitrogens is 2. The van der Waals surface area contributed by atoms with E-state index in [9.17, 15) is 0 Å². The molecular weight excluding hydrogens is 342 g/mol. The first-order chi connectivity index (χ1) is 9.08. The number of rotatable bonds is 2. The van der Waals surface area contributed by atoms with Gasteiger partial charge in [-0.2, -0.15) is 4.98 Å². The molecule has 0 amide bonds. The lowest BCUT2D eigenvalue weighted by molar-refractivity contribution is 0.372. The first-order valence-corrected chi connectivity index (χ1v) is 7.27. The molecule has 0 saturated heterocycles. The van der Waals surface area contributed by atoms with E-state index in [2.05, 4.69) is 26.1 Å². The van der Waals surface area contributed by atoms with E-state index in [0.29, 0.717) is 11.7 Å². The second-order valence-corrected chi connectivity index (χ2v) is 6.16. The summed E-state index contributed by atoms with van der Waals surface area (Å²) in [6.07, 6.45) is 4.14. The van der Waals surface area contributed by atoms with Gasteiger partial charge in [-0.1, -0.05) is 40.0 Å². The van der Waals surface area contributed by atoms with Crippen LogP contribution in [0.4, 0.5) is 0 Å². The fourth-order valence-corrected chi connectivity index (χ4v) is 2.95. The maximum Gasteiger partial charge on any atom is 0.258 e. The second kappa shape index (κ2) is 5.84. The van der Waals surface area contributed by atoms with E-state index < -0.39 is 5.54 Å². The summed E-state index contributed by atoms with van der Waals surface area (Å²) in [7, 11) is 0. The molecule has 108 valence electrons. The van der Waals surface area contributed by atoms with E-state index in [4.69, 9.17) is 10.3 Å². The van der Waals surface area contributed by atoms with Gasteiger partial charge in [-0.25, -0.2) is 0 Å². The number of halogens is 2. The first kappa shape index (κ1) is 15.5. The molecule has 4 nitrogen and oxygen atoms in total. The summed E-state index contributed by atoms with van der Waals surface area (Å²) >= 11 is 3.46. The molecule has 3 rings (SSSR count). The van der Waals surface area contributed by atoms with Crippen LogP contribution in [0.15, 0.2) is 27.2 Å². The predicted molar refractivity (Wildman–Crippen MR) is 83.8 cm³/mol. The quantitative estimate of drug-likeness (QED) is 0.882. The van der Waals surface area contributed by atoms with Crippen molar-refractivity contribution < 1.29 is 4.52 Å². The summed E-state index contributed by atoms with van der Waals surface area (Å²) in [5, 5.41) is 4.09. The third kappa shape index (κ3) is 2.75. The Hall–Kier alpha value is -0.910. The Morgan fingerprint density at radius 2 is 2.00 bits per heavy atom. The summed E-state index contributed by atoms with van der Waals surface area (Å²) in [6.45, 7) is 2.03. The van der Waals surface area contributed by atoms with Gasteiger partial charge >= 0.3 is 0 Å².